The molecule has 0 aromatic rings. The Bertz CT molecular complexity index is 437. The minimum atomic E-state index is -1.14. The summed E-state index contributed by atoms with van der Waals surface area (Å²) in [4.78, 5) is 22.4. The van der Waals surface area contributed by atoms with Gasteiger partial charge in [-0.15, -0.1) is 0 Å². The Hall–Kier alpha value is -1.32. The van der Waals surface area contributed by atoms with Crippen LogP contribution in [0.3, 0.4) is 0 Å². The van der Waals surface area contributed by atoms with Crippen LogP contribution >= 0.6 is 0 Å². The molecule has 0 aliphatic heterocycles. The van der Waals surface area contributed by atoms with Crippen LogP contribution in [0, 0.1) is 22.7 Å². The van der Waals surface area contributed by atoms with Gasteiger partial charge in [-0.25, -0.2) is 9.59 Å². The molecule has 0 aromatic heterocycles. The van der Waals surface area contributed by atoms with Crippen molar-refractivity contribution in [3.8, 4) is 0 Å². The summed E-state index contributed by atoms with van der Waals surface area (Å²) in [6, 6.07) is 0. The third-order valence-electron chi connectivity index (χ3n) is 4.58. The fourth-order valence-electron chi connectivity index (χ4n) is 3.75. The van der Waals surface area contributed by atoms with Gasteiger partial charge in [-0.05, 0) is 36.0 Å². The van der Waals surface area contributed by atoms with E-state index in [1.807, 2.05) is 0 Å². The van der Waals surface area contributed by atoms with E-state index in [0.717, 1.165) is 31.4 Å². The van der Waals surface area contributed by atoms with E-state index in [-0.39, 0.29) is 22.9 Å². The number of rotatable bonds is 3. The molecule has 1 rings (SSSR count). The molecule has 1 saturated carbocycles. The molecule has 3 atom stereocenters. The molecule has 0 amide bonds. The zero-order valence-corrected chi connectivity index (χ0v) is 14.7. The number of esters is 1. The van der Waals surface area contributed by atoms with Gasteiger partial charge in [0.2, 0.25) is 0 Å². The number of carboxylic acids is 1. The second-order valence-corrected chi connectivity index (χ2v) is 8.44. The molecule has 4 nitrogen and oxygen atoms in total. The zero-order valence-electron chi connectivity index (χ0n) is 14.7. The number of carbonyl (C=O) groups excluding carboxylic acids is 1. The van der Waals surface area contributed by atoms with Gasteiger partial charge in [0.1, 0.15) is 6.10 Å². The lowest BCUT2D eigenvalue weighted by molar-refractivity contribution is -0.157. The van der Waals surface area contributed by atoms with E-state index in [1.54, 1.807) is 0 Å². The van der Waals surface area contributed by atoms with Gasteiger partial charge in [-0.1, -0.05) is 41.5 Å². The second-order valence-electron chi connectivity index (χ2n) is 8.44. The predicted molar refractivity (Wildman–Crippen MR) is 86.4 cm³/mol. The summed E-state index contributed by atoms with van der Waals surface area (Å²) in [6.45, 7) is 13.3. The third kappa shape index (κ3) is 5.15. The Kier molecular flexibility index (Phi) is 5.82. The summed E-state index contributed by atoms with van der Waals surface area (Å²) >= 11 is 0. The molecule has 0 bridgehead atoms. The Morgan fingerprint density at radius 3 is 2.05 bits per heavy atom. The van der Waals surface area contributed by atoms with Crippen molar-refractivity contribution in [3.05, 3.63) is 12.2 Å². The third-order valence-corrected chi connectivity index (χ3v) is 4.58. The van der Waals surface area contributed by atoms with E-state index in [4.69, 9.17) is 9.84 Å². The molecule has 22 heavy (non-hydrogen) atoms. The summed E-state index contributed by atoms with van der Waals surface area (Å²) in [5.74, 6) is -0.956. The molecule has 3 unspecified atom stereocenters. The molecule has 1 N–H and O–H groups in total. The van der Waals surface area contributed by atoms with E-state index in [9.17, 15) is 9.59 Å². The van der Waals surface area contributed by atoms with Crippen LogP contribution in [0.5, 0.6) is 0 Å². The van der Waals surface area contributed by atoms with E-state index >= 15 is 0 Å². The summed E-state index contributed by atoms with van der Waals surface area (Å²) < 4.78 is 5.62. The van der Waals surface area contributed by atoms with Crippen LogP contribution in [0.2, 0.25) is 0 Å². The summed E-state index contributed by atoms with van der Waals surface area (Å²) in [5.41, 5.74) is 0.180. The molecular weight excluding hydrogens is 280 g/mol. The van der Waals surface area contributed by atoms with Crippen molar-refractivity contribution in [3.63, 3.8) is 0 Å². The van der Waals surface area contributed by atoms with E-state index < -0.39 is 11.9 Å². The first kappa shape index (κ1) is 18.7. The SMILES string of the molecule is CC(C)(C)C1CCCC(OC(=O)C=CC(=O)O)C1C(C)(C)C. The highest BCUT2D eigenvalue weighted by Crippen LogP contribution is 2.50. The Morgan fingerprint density at radius 2 is 1.59 bits per heavy atom. The average molecular weight is 310 g/mol. The first-order valence-electron chi connectivity index (χ1n) is 8.04. The van der Waals surface area contributed by atoms with Gasteiger partial charge in [-0.2, -0.15) is 0 Å². The van der Waals surface area contributed by atoms with Crippen molar-refractivity contribution in [2.24, 2.45) is 22.7 Å². The van der Waals surface area contributed by atoms with E-state index in [2.05, 4.69) is 41.5 Å². The predicted octanol–water partition coefficient (Wildman–Crippen LogP) is 4.05. The maximum absolute atomic E-state index is 11.9. The highest BCUT2D eigenvalue weighted by atomic mass is 16.5. The summed E-state index contributed by atoms with van der Waals surface area (Å²) in [5, 5.41) is 8.60. The average Bonchev–Trinajstić information content (AvgIpc) is 2.33. The molecule has 1 fully saturated rings. The van der Waals surface area contributed by atoms with Crippen LogP contribution in [0.25, 0.3) is 0 Å². The molecule has 126 valence electrons. The quantitative estimate of drug-likeness (QED) is 0.631. The van der Waals surface area contributed by atoms with Crippen molar-refractivity contribution < 1.29 is 19.4 Å². The fraction of sp³-hybridized carbons (Fsp3) is 0.778. The number of carboxylic acid groups (broad SMARTS) is 1. The van der Waals surface area contributed by atoms with Crippen molar-refractivity contribution in [1.29, 1.82) is 0 Å². The number of hydrogen-bond acceptors (Lipinski definition) is 3. The molecule has 1 aliphatic carbocycles. The Balaban J connectivity index is 2.96. The van der Waals surface area contributed by atoms with Gasteiger partial charge in [-0.3, -0.25) is 0 Å². The van der Waals surface area contributed by atoms with Gasteiger partial charge in [0.05, 0.1) is 0 Å². The number of ether oxygens (including phenoxy) is 1. The number of carbonyl (C=O) groups is 2. The molecule has 0 saturated heterocycles. The Labute approximate surface area is 133 Å². The number of hydrogen-bond donors (Lipinski definition) is 1. The normalized spacial score (nSPS) is 26.9. The minimum Gasteiger partial charge on any atom is -0.478 e. The van der Waals surface area contributed by atoms with Crippen LogP contribution in [0.4, 0.5) is 0 Å². The van der Waals surface area contributed by atoms with Crippen LogP contribution in [-0.4, -0.2) is 23.1 Å². The zero-order chi connectivity index (χ0) is 17.1. The number of aliphatic carboxylic acids is 1. The van der Waals surface area contributed by atoms with Crippen LogP contribution in [0.15, 0.2) is 12.2 Å². The monoisotopic (exact) mass is 310 g/mol. The molecule has 0 aromatic carbocycles. The Morgan fingerprint density at radius 1 is 1.00 bits per heavy atom. The molecule has 4 heteroatoms. The first-order chi connectivity index (χ1) is 9.93. The van der Waals surface area contributed by atoms with Gasteiger partial charge in [0.25, 0.3) is 0 Å². The topological polar surface area (TPSA) is 63.6 Å². The van der Waals surface area contributed by atoms with Crippen molar-refractivity contribution in [2.45, 2.75) is 66.9 Å². The van der Waals surface area contributed by atoms with Crippen LogP contribution < -0.4 is 0 Å². The molecule has 0 radical (unpaired) electrons. The lowest BCUT2D eigenvalue weighted by Crippen LogP contribution is -2.47. The minimum absolute atomic E-state index is 0.0276. The smallest absolute Gasteiger partial charge is 0.331 e. The standard InChI is InChI=1S/C18H30O4/c1-17(2,3)12-8-7-9-13(16(12)18(4,5)6)22-15(21)11-10-14(19)20/h10-13,16H,7-9H2,1-6H3,(H,19,20). The fourth-order valence-corrected chi connectivity index (χ4v) is 3.75. The summed E-state index contributed by atoms with van der Waals surface area (Å²) in [7, 11) is 0. The van der Waals surface area contributed by atoms with Gasteiger partial charge >= 0.3 is 11.9 Å². The van der Waals surface area contributed by atoms with Crippen LogP contribution in [0.1, 0.15) is 60.8 Å². The maximum atomic E-state index is 11.9. The highest BCUT2D eigenvalue weighted by Gasteiger charge is 2.46. The van der Waals surface area contributed by atoms with Crippen molar-refractivity contribution in [1.82, 2.24) is 0 Å². The molecule has 0 heterocycles. The maximum Gasteiger partial charge on any atom is 0.331 e. The first-order valence-corrected chi connectivity index (χ1v) is 8.04. The van der Waals surface area contributed by atoms with Gasteiger partial charge in [0.15, 0.2) is 0 Å². The molecular formula is C18H30O4. The molecule has 1 aliphatic rings. The van der Waals surface area contributed by atoms with Crippen molar-refractivity contribution >= 4 is 11.9 Å². The van der Waals surface area contributed by atoms with Crippen molar-refractivity contribution in [2.75, 3.05) is 0 Å². The van der Waals surface area contributed by atoms with Gasteiger partial charge < -0.3 is 9.84 Å². The van der Waals surface area contributed by atoms with Crippen LogP contribution in [-0.2, 0) is 14.3 Å². The second kappa shape index (κ2) is 6.84. The van der Waals surface area contributed by atoms with E-state index in [1.165, 1.54) is 0 Å². The van der Waals surface area contributed by atoms with E-state index in [0.29, 0.717) is 5.92 Å². The molecule has 0 spiro atoms. The highest BCUT2D eigenvalue weighted by molar-refractivity contribution is 5.90. The lowest BCUT2D eigenvalue weighted by atomic mass is 9.58. The largest absolute Gasteiger partial charge is 0.478 e. The lowest BCUT2D eigenvalue weighted by Gasteiger charge is -2.49. The van der Waals surface area contributed by atoms with Gasteiger partial charge in [0, 0.05) is 18.1 Å². The summed E-state index contributed by atoms with van der Waals surface area (Å²) in [6.07, 6.45) is 4.71.